The first-order valence-electron chi connectivity index (χ1n) is 7.37. The molecule has 0 fully saturated rings. The molecule has 0 bridgehead atoms. The van der Waals surface area contributed by atoms with Gasteiger partial charge in [0.1, 0.15) is 11.4 Å². The van der Waals surface area contributed by atoms with Crippen LogP contribution in [0.3, 0.4) is 0 Å². The van der Waals surface area contributed by atoms with E-state index in [0.717, 1.165) is 18.7 Å². The Bertz CT molecular complexity index is 449. The molecule has 19 heavy (non-hydrogen) atoms. The number of hydrogen-bond donors (Lipinski definition) is 1. The summed E-state index contributed by atoms with van der Waals surface area (Å²) in [5, 5.41) is 3.65. The SMILES string of the molecule is CCCC(C)(C)NCc1ccc2c(c1)CC(C)(C)O2. The zero-order valence-corrected chi connectivity index (χ0v) is 13.0. The van der Waals surface area contributed by atoms with E-state index < -0.39 is 0 Å². The molecule has 1 aromatic rings. The Balaban J connectivity index is 2.01. The van der Waals surface area contributed by atoms with Crippen LogP contribution in [0.25, 0.3) is 0 Å². The molecule has 0 atom stereocenters. The summed E-state index contributed by atoms with van der Waals surface area (Å²) in [5.74, 6) is 1.06. The lowest BCUT2D eigenvalue weighted by Gasteiger charge is -2.26. The van der Waals surface area contributed by atoms with Gasteiger partial charge in [0.25, 0.3) is 0 Å². The monoisotopic (exact) mass is 261 g/mol. The standard InChI is InChI=1S/C17H27NO/c1-6-9-16(2,3)18-12-13-7-8-15-14(10-13)11-17(4,5)19-15/h7-8,10,18H,6,9,11-12H2,1-5H3. The van der Waals surface area contributed by atoms with Gasteiger partial charge in [-0.05, 0) is 51.3 Å². The van der Waals surface area contributed by atoms with Gasteiger partial charge in [-0.2, -0.15) is 0 Å². The smallest absolute Gasteiger partial charge is 0.123 e. The number of fused-ring (bicyclic) bond motifs is 1. The second-order valence-corrected chi connectivity index (χ2v) is 6.97. The summed E-state index contributed by atoms with van der Waals surface area (Å²) >= 11 is 0. The van der Waals surface area contributed by atoms with Crippen LogP contribution in [0.4, 0.5) is 0 Å². The van der Waals surface area contributed by atoms with Crippen molar-refractivity contribution in [3.05, 3.63) is 29.3 Å². The van der Waals surface area contributed by atoms with E-state index >= 15 is 0 Å². The maximum Gasteiger partial charge on any atom is 0.123 e. The molecule has 0 unspecified atom stereocenters. The Morgan fingerprint density at radius 2 is 2.05 bits per heavy atom. The first kappa shape index (κ1) is 14.4. The average Bonchev–Trinajstić information content (AvgIpc) is 2.59. The summed E-state index contributed by atoms with van der Waals surface area (Å²) < 4.78 is 5.91. The third kappa shape index (κ3) is 3.73. The number of nitrogens with one attached hydrogen (secondary N) is 1. The molecule has 0 aromatic heterocycles. The van der Waals surface area contributed by atoms with E-state index in [0.29, 0.717) is 0 Å². The molecule has 2 rings (SSSR count). The van der Waals surface area contributed by atoms with Crippen molar-refractivity contribution >= 4 is 0 Å². The van der Waals surface area contributed by atoms with Crippen molar-refractivity contribution in [2.75, 3.05) is 0 Å². The van der Waals surface area contributed by atoms with Crippen LogP contribution in [0.2, 0.25) is 0 Å². The molecule has 1 N–H and O–H groups in total. The number of benzene rings is 1. The van der Waals surface area contributed by atoms with Gasteiger partial charge in [0, 0.05) is 18.5 Å². The molecule has 0 saturated carbocycles. The molecule has 0 amide bonds. The van der Waals surface area contributed by atoms with E-state index in [1.54, 1.807) is 0 Å². The summed E-state index contributed by atoms with van der Waals surface area (Å²) in [6, 6.07) is 6.59. The van der Waals surface area contributed by atoms with Crippen LogP contribution in [0.15, 0.2) is 18.2 Å². The first-order chi connectivity index (χ1) is 8.81. The summed E-state index contributed by atoms with van der Waals surface area (Å²) in [5.41, 5.74) is 2.86. The van der Waals surface area contributed by atoms with E-state index in [4.69, 9.17) is 4.74 Å². The second kappa shape index (κ2) is 5.16. The highest BCUT2D eigenvalue weighted by atomic mass is 16.5. The molecule has 0 spiro atoms. The van der Waals surface area contributed by atoms with E-state index in [2.05, 4.69) is 58.1 Å². The van der Waals surface area contributed by atoms with Gasteiger partial charge in [-0.1, -0.05) is 25.5 Å². The van der Waals surface area contributed by atoms with Crippen molar-refractivity contribution in [1.29, 1.82) is 0 Å². The minimum Gasteiger partial charge on any atom is -0.487 e. The molecule has 1 heterocycles. The number of hydrogen-bond acceptors (Lipinski definition) is 2. The van der Waals surface area contributed by atoms with Crippen LogP contribution >= 0.6 is 0 Å². The topological polar surface area (TPSA) is 21.3 Å². The lowest BCUT2D eigenvalue weighted by molar-refractivity contribution is 0.138. The predicted octanol–water partition coefficient (Wildman–Crippen LogP) is 4.07. The Hall–Kier alpha value is -1.02. The Morgan fingerprint density at radius 3 is 2.74 bits per heavy atom. The third-order valence-electron chi connectivity index (χ3n) is 3.77. The zero-order chi connectivity index (χ0) is 14.1. The van der Waals surface area contributed by atoms with Gasteiger partial charge in [-0.25, -0.2) is 0 Å². The Labute approximate surface area is 117 Å². The van der Waals surface area contributed by atoms with E-state index in [9.17, 15) is 0 Å². The zero-order valence-electron chi connectivity index (χ0n) is 13.0. The van der Waals surface area contributed by atoms with E-state index in [-0.39, 0.29) is 11.1 Å². The molecular formula is C17H27NO. The Morgan fingerprint density at radius 1 is 1.32 bits per heavy atom. The predicted molar refractivity (Wildman–Crippen MR) is 80.7 cm³/mol. The number of ether oxygens (including phenoxy) is 1. The second-order valence-electron chi connectivity index (χ2n) is 6.97. The van der Waals surface area contributed by atoms with Crippen LogP contribution in [-0.2, 0) is 13.0 Å². The highest BCUT2D eigenvalue weighted by molar-refractivity contribution is 5.41. The molecule has 1 aliphatic heterocycles. The number of rotatable bonds is 5. The maximum absolute atomic E-state index is 5.91. The molecule has 2 heteroatoms. The van der Waals surface area contributed by atoms with Crippen molar-refractivity contribution in [3.63, 3.8) is 0 Å². The molecule has 0 aliphatic carbocycles. The summed E-state index contributed by atoms with van der Waals surface area (Å²) in [4.78, 5) is 0. The lowest BCUT2D eigenvalue weighted by Crippen LogP contribution is -2.38. The van der Waals surface area contributed by atoms with Gasteiger partial charge < -0.3 is 10.1 Å². The molecule has 0 saturated heterocycles. The molecular weight excluding hydrogens is 234 g/mol. The van der Waals surface area contributed by atoms with Crippen molar-refractivity contribution < 1.29 is 4.74 Å². The quantitative estimate of drug-likeness (QED) is 0.862. The maximum atomic E-state index is 5.91. The first-order valence-corrected chi connectivity index (χ1v) is 7.37. The van der Waals surface area contributed by atoms with Gasteiger partial charge in [0.15, 0.2) is 0 Å². The lowest BCUT2D eigenvalue weighted by atomic mass is 9.97. The van der Waals surface area contributed by atoms with Gasteiger partial charge in [0.2, 0.25) is 0 Å². The van der Waals surface area contributed by atoms with Crippen molar-refractivity contribution in [2.24, 2.45) is 0 Å². The van der Waals surface area contributed by atoms with Gasteiger partial charge in [-0.15, -0.1) is 0 Å². The fourth-order valence-electron chi connectivity index (χ4n) is 2.83. The normalized spacial score (nSPS) is 17.1. The largest absolute Gasteiger partial charge is 0.487 e. The van der Waals surface area contributed by atoms with Crippen molar-refractivity contribution in [1.82, 2.24) is 5.32 Å². The minimum absolute atomic E-state index is 0.0458. The molecule has 1 aromatic carbocycles. The van der Waals surface area contributed by atoms with Gasteiger partial charge in [-0.3, -0.25) is 0 Å². The van der Waals surface area contributed by atoms with Crippen molar-refractivity contribution in [2.45, 2.75) is 71.6 Å². The van der Waals surface area contributed by atoms with Crippen LogP contribution in [0, 0.1) is 0 Å². The average molecular weight is 261 g/mol. The van der Waals surface area contributed by atoms with Crippen LogP contribution in [-0.4, -0.2) is 11.1 Å². The summed E-state index contributed by atoms with van der Waals surface area (Å²) in [6.45, 7) is 12.0. The van der Waals surface area contributed by atoms with Crippen LogP contribution < -0.4 is 10.1 Å². The highest BCUT2D eigenvalue weighted by Gasteiger charge is 2.29. The highest BCUT2D eigenvalue weighted by Crippen LogP contribution is 2.35. The Kier molecular flexibility index (Phi) is 3.91. The minimum atomic E-state index is -0.0458. The fourth-order valence-corrected chi connectivity index (χ4v) is 2.83. The van der Waals surface area contributed by atoms with E-state index in [1.165, 1.54) is 24.0 Å². The molecule has 0 radical (unpaired) electrons. The molecule has 1 aliphatic rings. The van der Waals surface area contributed by atoms with Crippen LogP contribution in [0.5, 0.6) is 5.75 Å². The van der Waals surface area contributed by atoms with Gasteiger partial charge >= 0.3 is 0 Å². The fraction of sp³-hybridized carbons (Fsp3) is 0.647. The van der Waals surface area contributed by atoms with E-state index in [1.807, 2.05) is 0 Å². The molecule has 2 nitrogen and oxygen atoms in total. The third-order valence-corrected chi connectivity index (χ3v) is 3.77. The summed E-state index contributed by atoms with van der Waals surface area (Å²) in [7, 11) is 0. The molecule has 106 valence electrons. The summed E-state index contributed by atoms with van der Waals surface area (Å²) in [6.07, 6.45) is 3.43. The van der Waals surface area contributed by atoms with Gasteiger partial charge in [0.05, 0.1) is 0 Å². The van der Waals surface area contributed by atoms with Crippen LogP contribution in [0.1, 0.15) is 58.6 Å². The van der Waals surface area contributed by atoms with Crippen molar-refractivity contribution in [3.8, 4) is 5.75 Å².